The van der Waals surface area contributed by atoms with Gasteiger partial charge in [-0.1, -0.05) is 0 Å². The van der Waals surface area contributed by atoms with E-state index in [9.17, 15) is 0 Å². The molecule has 0 spiro atoms. The molecule has 2 N–H and O–H groups in total. The first-order valence-corrected chi connectivity index (χ1v) is 4.83. The topological polar surface area (TPSA) is 38.5 Å². The molecule has 0 aromatic carbocycles. The van der Waals surface area contributed by atoms with Gasteiger partial charge in [-0.2, -0.15) is 0 Å². The highest BCUT2D eigenvalue weighted by Gasteiger charge is 2.28. The van der Waals surface area contributed by atoms with Crippen molar-refractivity contribution in [3.8, 4) is 0 Å². The summed E-state index contributed by atoms with van der Waals surface area (Å²) >= 11 is 0. The molecule has 0 rings (SSSR count). The van der Waals surface area contributed by atoms with Gasteiger partial charge in [0.2, 0.25) is 0 Å². The summed E-state index contributed by atoms with van der Waals surface area (Å²) in [7, 11) is 4.07. The smallest absolute Gasteiger partial charge is 0.0638 e. The van der Waals surface area contributed by atoms with E-state index in [0.717, 1.165) is 0 Å². The van der Waals surface area contributed by atoms with Gasteiger partial charge in [-0.05, 0) is 41.8 Å². The Balaban J connectivity index is 4.01. The number of nitrogens with zero attached hydrogens (tertiary/aromatic N) is 1. The summed E-state index contributed by atoms with van der Waals surface area (Å²) in [6, 6.07) is 0.0462. The molecular formula is C10H24N2O. The third-order valence-electron chi connectivity index (χ3n) is 2.67. The lowest BCUT2D eigenvalue weighted by Gasteiger charge is -2.38. The first kappa shape index (κ1) is 12.9. The minimum atomic E-state index is -0.0190. The van der Waals surface area contributed by atoms with Crippen molar-refractivity contribution in [1.82, 2.24) is 4.90 Å². The molecule has 0 saturated carbocycles. The Kier molecular flexibility index (Phi) is 4.89. The third-order valence-corrected chi connectivity index (χ3v) is 2.67. The molecule has 0 aromatic heterocycles. The van der Waals surface area contributed by atoms with Crippen LogP contribution in [0.2, 0.25) is 0 Å². The van der Waals surface area contributed by atoms with Crippen LogP contribution in [-0.4, -0.2) is 43.3 Å². The van der Waals surface area contributed by atoms with Crippen LogP contribution in [0.3, 0.4) is 0 Å². The highest BCUT2D eigenvalue weighted by molar-refractivity contribution is 4.88. The minimum Gasteiger partial charge on any atom is -0.377 e. The first-order valence-electron chi connectivity index (χ1n) is 4.83. The van der Waals surface area contributed by atoms with Crippen LogP contribution in [0.1, 0.15) is 27.7 Å². The van der Waals surface area contributed by atoms with Gasteiger partial charge < -0.3 is 15.4 Å². The molecule has 0 amide bonds. The van der Waals surface area contributed by atoms with Crippen LogP contribution in [0.15, 0.2) is 0 Å². The second kappa shape index (κ2) is 4.94. The summed E-state index contributed by atoms with van der Waals surface area (Å²) < 4.78 is 5.49. The standard InChI is InChI=1S/C10H24N2O/c1-8(2)13-7-9(11)10(3,4)12(5)6/h8-9H,7,11H2,1-6H3. The van der Waals surface area contributed by atoms with Crippen LogP contribution in [-0.2, 0) is 4.74 Å². The Morgan fingerprint density at radius 2 is 1.77 bits per heavy atom. The molecule has 0 heterocycles. The third kappa shape index (κ3) is 4.07. The van der Waals surface area contributed by atoms with Crippen LogP contribution in [0.25, 0.3) is 0 Å². The normalized spacial score (nSPS) is 15.5. The summed E-state index contributed by atoms with van der Waals surface area (Å²) in [5.41, 5.74) is 6.02. The lowest BCUT2D eigenvalue weighted by atomic mass is 9.94. The van der Waals surface area contributed by atoms with Crippen molar-refractivity contribution >= 4 is 0 Å². The highest BCUT2D eigenvalue weighted by atomic mass is 16.5. The van der Waals surface area contributed by atoms with E-state index < -0.39 is 0 Å². The Morgan fingerprint density at radius 1 is 1.31 bits per heavy atom. The molecule has 0 saturated heterocycles. The first-order chi connectivity index (χ1) is 5.78. The molecule has 0 fully saturated rings. The predicted molar refractivity (Wildman–Crippen MR) is 56.8 cm³/mol. The lowest BCUT2D eigenvalue weighted by Crippen LogP contribution is -2.55. The maximum Gasteiger partial charge on any atom is 0.0638 e. The summed E-state index contributed by atoms with van der Waals surface area (Å²) in [5, 5.41) is 0. The fourth-order valence-corrected chi connectivity index (χ4v) is 0.832. The molecule has 0 radical (unpaired) electrons. The lowest BCUT2D eigenvalue weighted by molar-refractivity contribution is 0.0310. The van der Waals surface area contributed by atoms with Gasteiger partial charge in [0.05, 0.1) is 12.7 Å². The average Bonchev–Trinajstić information content (AvgIpc) is 1.99. The van der Waals surface area contributed by atoms with Crippen LogP contribution in [0.4, 0.5) is 0 Å². The fraction of sp³-hybridized carbons (Fsp3) is 1.00. The monoisotopic (exact) mass is 188 g/mol. The SMILES string of the molecule is CC(C)OCC(N)C(C)(C)N(C)C. The Labute approximate surface area is 82.2 Å². The summed E-state index contributed by atoms with van der Waals surface area (Å²) in [5.74, 6) is 0. The fourth-order valence-electron chi connectivity index (χ4n) is 0.832. The zero-order valence-electron chi connectivity index (χ0n) is 9.79. The summed E-state index contributed by atoms with van der Waals surface area (Å²) in [6.45, 7) is 8.91. The quantitative estimate of drug-likeness (QED) is 0.701. The van der Waals surface area contributed by atoms with Crippen molar-refractivity contribution in [3.63, 3.8) is 0 Å². The molecule has 3 nitrogen and oxygen atoms in total. The van der Waals surface area contributed by atoms with Gasteiger partial charge >= 0.3 is 0 Å². The van der Waals surface area contributed by atoms with Crippen molar-refractivity contribution in [2.45, 2.75) is 45.4 Å². The van der Waals surface area contributed by atoms with E-state index in [1.54, 1.807) is 0 Å². The van der Waals surface area contributed by atoms with E-state index in [4.69, 9.17) is 10.5 Å². The predicted octanol–water partition coefficient (Wildman–Crippen LogP) is 1.08. The van der Waals surface area contributed by atoms with Gasteiger partial charge in [0.1, 0.15) is 0 Å². The summed E-state index contributed by atoms with van der Waals surface area (Å²) in [4.78, 5) is 2.13. The molecule has 0 aromatic rings. The number of nitrogens with two attached hydrogens (primary N) is 1. The molecule has 80 valence electrons. The second-order valence-electron chi connectivity index (χ2n) is 4.54. The maximum absolute atomic E-state index is 6.03. The van der Waals surface area contributed by atoms with E-state index in [0.29, 0.717) is 6.61 Å². The van der Waals surface area contributed by atoms with E-state index in [1.807, 2.05) is 27.9 Å². The Morgan fingerprint density at radius 3 is 2.08 bits per heavy atom. The molecule has 1 atom stereocenters. The molecule has 0 bridgehead atoms. The minimum absolute atomic E-state index is 0.0190. The van der Waals surface area contributed by atoms with Gasteiger partial charge in [0, 0.05) is 11.6 Å². The van der Waals surface area contributed by atoms with Gasteiger partial charge in [-0.15, -0.1) is 0 Å². The largest absolute Gasteiger partial charge is 0.377 e. The molecule has 0 aliphatic carbocycles. The Hall–Kier alpha value is -0.120. The number of ether oxygens (including phenoxy) is 1. The average molecular weight is 188 g/mol. The number of rotatable bonds is 5. The number of hydrogen-bond donors (Lipinski definition) is 1. The van der Waals surface area contributed by atoms with E-state index in [1.165, 1.54) is 0 Å². The van der Waals surface area contributed by atoms with Gasteiger partial charge in [0.15, 0.2) is 0 Å². The number of hydrogen-bond acceptors (Lipinski definition) is 3. The van der Waals surface area contributed by atoms with E-state index >= 15 is 0 Å². The van der Waals surface area contributed by atoms with E-state index in [2.05, 4.69) is 18.7 Å². The molecular weight excluding hydrogens is 164 g/mol. The van der Waals surface area contributed by atoms with Crippen molar-refractivity contribution in [1.29, 1.82) is 0 Å². The van der Waals surface area contributed by atoms with Crippen LogP contribution in [0, 0.1) is 0 Å². The molecule has 1 unspecified atom stereocenters. The van der Waals surface area contributed by atoms with Crippen LogP contribution in [0.5, 0.6) is 0 Å². The van der Waals surface area contributed by atoms with Crippen LogP contribution >= 0.6 is 0 Å². The van der Waals surface area contributed by atoms with Crippen molar-refractivity contribution < 1.29 is 4.74 Å². The molecule has 3 heteroatoms. The van der Waals surface area contributed by atoms with Crippen molar-refractivity contribution in [2.75, 3.05) is 20.7 Å². The van der Waals surface area contributed by atoms with Crippen molar-refractivity contribution in [3.05, 3.63) is 0 Å². The molecule has 0 aliphatic heterocycles. The van der Waals surface area contributed by atoms with Crippen LogP contribution < -0.4 is 5.73 Å². The molecule has 13 heavy (non-hydrogen) atoms. The highest BCUT2D eigenvalue weighted by Crippen LogP contribution is 2.14. The number of likely N-dealkylation sites (N-methyl/N-ethyl adjacent to an activating group) is 1. The van der Waals surface area contributed by atoms with Gasteiger partial charge in [0.25, 0.3) is 0 Å². The zero-order valence-corrected chi connectivity index (χ0v) is 9.79. The van der Waals surface area contributed by atoms with Crippen molar-refractivity contribution in [2.24, 2.45) is 5.73 Å². The second-order valence-corrected chi connectivity index (χ2v) is 4.54. The van der Waals surface area contributed by atoms with E-state index in [-0.39, 0.29) is 17.7 Å². The molecule has 0 aliphatic rings. The summed E-state index contributed by atoms with van der Waals surface area (Å²) in [6.07, 6.45) is 0.254. The maximum atomic E-state index is 6.03. The van der Waals surface area contributed by atoms with Gasteiger partial charge in [-0.3, -0.25) is 0 Å². The zero-order chi connectivity index (χ0) is 10.6. The Bertz CT molecular complexity index is 144. The van der Waals surface area contributed by atoms with Gasteiger partial charge in [-0.25, -0.2) is 0 Å².